The number of ketones is 1. The number of halogens is 2. The van der Waals surface area contributed by atoms with Gasteiger partial charge in [0.05, 0.1) is 12.7 Å². The first kappa shape index (κ1) is 19.5. The summed E-state index contributed by atoms with van der Waals surface area (Å²) in [5, 5.41) is 5.18. The van der Waals surface area contributed by atoms with Crippen molar-refractivity contribution < 1.29 is 23.1 Å². The van der Waals surface area contributed by atoms with E-state index in [1.165, 1.54) is 13.2 Å². The van der Waals surface area contributed by atoms with Gasteiger partial charge in [-0.25, -0.2) is 13.6 Å². The van der Waals surface area contributed by atoms with Crippen molar-refractivity contribution in [1.82, 2.24) is 5.32 Å². The number of rotatable bonds is 3. The highest BCUT2D eigenvalue weighted by Crippen LogP contribution is 2.46. The van der Waals surface area contributed by atoms with Gasteiger partial charge in [0.25, 0.3) is 0 Å². The number of hydrogen-bond acceptors (Lipinski definition) is 5. The molecule has 29 heavy (non-hydrogen) atoms. The van der Waals surface area contributed by atoms with Crippen LogP contribution in [0.5, 0.6) is 0 Å². The lowest BCUT2D eigenvalue weighted by Crippen LogP contribution is -2.35. The lowest BCUT2D eigenvalue weighted by molar-refractivity contribution is -0.136. The Morgan fingerprint density at radius 2 is 2.00 bits per heavy atom. The molecule has 1 N–H and O–H groups in total. The summed E-state index contributed by atoms with van der Waals surface area (Å²) in [6, 6.07) is 7.43. The molecule has 0 fully saturated rings. The van der Waals surface area contributed by atoms with Crippen LogP contribution in [0.15, 0.2) is 58.3 Å². The van der Waals surface area contributed by atoms with Gasteiger partial charge in [-0.3, -0.25) is 4.79 Å². The number of Topliss-reactive ketones (excluding diaryl/α,β-unsaturated/α-hetero) is 1. The Balaban J connectivity index is 1.84. The van der Waals surface area contributed by atoms with E-state index in [2.05, 4.69) is 5.32 Å². The quantitative estimate of drug-likeness (QED) is 0.747. The molecule has 0 bridgehead atoms. The maximum Gasteiger partial charge on any atom is 0.336 e. The maximum atomic E-state index is 14.0. The maximum absolute atomic E-state index is 14.0. The molecule has 2 atom stereocenters. The Kier molecular flexibility index (Phi) is 5.08. The van der Waals surface area contributed by atoms with Crippen LogP contribution in [0.1, 0.15) is 42.0 Å². The number of carbonyl (C=O) groups excluding carboxylic acids is 2. The molecule has 7 heteroatoms. The fourth-order valence-electron chi connectivity index (χ4n) is 4.17. The normalized spacial score (nSPS) is 21.7. The van der Waals surface area contributed by atoms with E-state index in [0.29, 0.717) is 29.7 Å². The van der Waals surface area contributed by atoms with E-state index in [1.54, 1.807) is 18.3 Å². The third-order valence-corrected chi connectivity index (χ3v) is 6.49. The fourth-order valence-corrected chi connectivity index (χ4v) is 5.00. The predicted molar refractivity (Wildman–Crippen MR) is 105 cm³/mol. The summed E-state index contributed by atoms with van der Waals surface area (Å²) < 4.78 is 32.4. The van der Waals surface area contributed by atoms with Crippen molar-refractivity contribution in [3.63, 3.8) is 0 Å². The Hall–Kier alpha value is -2.80. The molecule has 2 aromatic rings. The summed E-state index contributed by atoms with van der Waals surface area (Å²) in [5.74, 6) is -3.47. The Morgan fingerprint density at radius 3 is 2.66 bits per heavy atom. The summed E-state index contributed by atoms with van der Waals surface area (Å²) in [5.41, 5.74) is 2.28. The largest absolute Gasteiger partial charge is 0.466 e. The summed E-state index contributed by atoms with van der Waals surface area (Å²) in [4.78, 5) is 26.8. The highest BCUT2D eigenvalue weighted by Gasteiger charge is 2.41. The number of benzene rings is 1. The number of nitrogens with one attached hydrogen (secondary N) is 1. The average molecular weight is 415 g/mol. The molecule has 0 saturated carbocycles. The van der Waals surface area contributed by atoms with Gasteiger partial charge in [0.1, 0.15) is 0 Å². The monoisotopic (exact) mass is 415 g/mol. The van der Waals surface area contributed by atoms with Gasteiger partial charge in [0, 0.05) is 40.1 Å². The SMILES string of the molecule is COC(=O)C1=C(C)NC2=C(C(=O)C[C@H](c3cccs3)C2)[C@@H]1c1ccc(F)c(F)c1. The van der Waals surface area contributed by atoms with Crippen LogP contribution in [0.3, 0.4) is 0 Å². The highest BCUT2D eigenvalue weighted by molar-refractivity contribution is 7.10. The molecule has 4 rings (SSSR count). The molecule has 2 aliphatic rings. The zero-order valence-electron chi connectivity index (χ0n) is 15.9. The molecule has 4 nitrogen and oxygen atoms in total. The van der Waals surface area contributed by atoms with Gasteiger partial charge in [-0.15, -0.1) is 11.3 Å². The van der Waals surface area contributed by atoms with Crippen LogP contribution in [0.25, 0.3) is 0 Å². The van der Waals surface area contributed by atoms with E-state index in [9.17, 15) is 18.4 Å². The minimum absolute atomic E-state index is 0.0480. The van der Waals surface area contributed by atoms with E-state index >= 15 is 0 Å². The highest BCUT2D eigenvalue weighted by atomic mass is 32.1. The lowest BCUT2D eigenvalue weighted by Gasteiger charge is -2.36. The first-order valence-electron chi connectivity index (χ1n) is 9.21. The number of methoxy groups -OCH3 is 1. The summed E-state index contributed by atoms with van der Waals surface area (Å²) >= 11 is 1.60. The minimum Gasteiger partial charge on any atom is -0.466 e. The molecular formula is C22H19F2NO3S. The van der Waals surface area contributed by atoms with Gasteiger partial charge in [0.15, 0.2) is 17.4 Å². The lowest BCUT2D eigenvalue weighted by atomic mass is 9.72. The van der Waals surface area contributed by atoms with Crippen LogP contribution in [0, 0.1) is 11.6 Å². The minimum atomic E-state index is -1.02. The smallest absolute Gasteiger partial charge is 0.336 e. The molecule has 1 aromatic heterocycles. The summed E-state index contributed by atoms with van der Waals surface area (Å²) in [7, 11) is 1.25. The van der Waals surface area contributed by atoms with Crippen molar-refractivity contribution in [3.05, 3.63) is 80.3 Å². The number of esters is 1. The zero-order valence-corrected chi connectivity index (χ0v) is 16.7. The van der Waals surface area contributed by atoms with Crippen molar-refractivity contribution in [3.8, 4) is 0 Å². The van der Waals surface area contributed by atoms with Crippen LogP contribution >= 0.6 is 11.3 Å². The second-order valence-corrected chi connectivity index (χ2v) is 8.18. The molecule has 0 saturated heterocycles. The van der Waals surface area contributed by atoms with Crippen LogP contribution in [0.2, 0.25) is 0 Å². The topological polar surface area (TPSA) is 55.4 Å². The number of carbonyl (C=O) groups is 2. The van der Waals surface area contributed by atoms with E-state index in [1.807, 2.05) is 17.5 Å². The molecule has 0 amide bonds. The number of thiophene rings is 1. The standard InChI is InChI=1S/C22H19F2NO3S/c1-11-19(22(27)28-2)20(12-5-6-14(23)15(24)8-12)21-16(25-11)9-13(10-17(21)26)18-4-3-7-29-18/h3-8,13,20,25H,9-10H2,1-2H3/t13-,20-/m1/s1. The molecule has 0 spiro atoms. The molecule has 150 valence electrons. The van der Waals surface area contributed by atoms with Crippen molar-refractivity contribution in [2.45, 2.75) is 31.6 Å². The first-order chi connectivity index (χ1) is 13.9. The molecule has 0 radical (unpaired) electrons. The van der Waals surface area contributed by atoms with Crippen molar-refractivity contribution in [2.24, 2.45) is 0 Å². The summed E-state index contributed by atoms with van der Waals surface area (Å²) in [6.45, 7) is 1.72. The Morgan fingerprint density at radius 1 is 1.21 bits per heavy atom. The number of dihydropyridines is 1. The number of hydrogen-bond donors (Lipinski definition) is 1. The van der Waals surface area contributed by atoms with Gasteiger partial charge in [-0.05, 0) is 42.5 Å². The average Bonchev–Trinajstić information content (AvgIpc) is 3.23. The summed E-state index contributed by atoms with van der Waals surface area (Å²) in [6.07, 6.45) is 0.905. The van der Waals surface area contributed by atoms with E-state index < -0.39 is 23.5 Å². The fraction of sp³-hybridized carbons (Fsp3) is 0.273. The van der Waals surface area contributed by atoms with Crippen molar-refractivity contribution in [2.75, 3.05) is 7.11 Å². The molecule has 1 aliphatic heterocycles. The van der Waals surface area contributed by atoms with Crippen molar-refractivity contribution in [1.29, 1.82) is 0 Å². The number of ether oxygens (including phenoxy) is 1. The van der Waals surface area contributed by atoms with Gasteiger partial charge < -0.3 is 10.1 Å². The van der Waals surface area contributed by atoms with Gasteiger partial charge in [-0.2, -0.15) is 0 Å². The van der Waals surface area contributed by atoms with Crippen molar-refractivity contribution >= 4 is 23.1 Å². The third kappa shape index (κ3) is 3.40. The zero-order chi connectivity index (χ0) is 20.7. The second kappa shape index (κ2) is 7.55. The van der Waals surface area contributed by atoms with E-state index in [4.69, 9.17) is 4.74 Å². The van der Waals surface area contributed by atoms with Gasteiger partial charge in [0.2, 0.25) is 0 Å². The van der Waals surface area contributed by atoms with Crippen LogP contribution < -0.4 is 5.32 Å². The Labute approximate surface area is 170 Å². The van der Waals surface area contributed by atoms with E-state index in [-0.39, 0.29) is 17.3 Å². The predicted octanol–water partition coefficient (Wildman–Crippen LogP) is 4.56. The van der Waals surface area contributed by atoms with Crippen LogP contribution in [-0.4, -0.2) is 18.9 Å². The van der Waals surface area contributed by atoms with Crippen LogP contribution in [0.4, 0.5) is 8.78 Å². The Bertz CT molecular complexity index is 1060. The molecular weight excluding hydrogens is 396 g/mol. The third-order valence-electron chi connectivity index (χ3n) is 5.46. The molecule has 0 unspecified atom stereocenters. The first-order valence-corrected chi connectivity index (χ1v) is 10.1. The van der Waals surface area contributed by atoms with Gasteiger partial charge >= 0.3 is 5.97 Å². The molecule has 1 aromatic carbocycles. The molecule has 2 heterocycles. The molecule has 1 aliphatic carbocycles. The van der Waals surface area contributed by atoms with Crippen LogP contribution in [-0.2, 0) is 14.3 Å². The second-order valence-electron chi connectivity index (χ2n) is 7.20. The number of allylic oxidation sites excluding steroid dienone is 3. The van der Waals surface area contributed by atoms with Gasteiger partial charge in [-0.1, -0.05) is 12.1 Å². The van der Waals surface area contributed by atoms with E-state index in [0.717, 1.165) is 22.7 Å².